The second-order valence-corrected chi connectivity index (χ2v) is 4.28. The molecule has 0 heterocycles. The van der Waals surface area contributed by atoms with E-state index >= 15 is 0 Å². The predicted molar refractivity (Wildman–Crippen MR) is 69.7 cm³/mol. The summed E-state index contributed by atoms with van der Waals surface area (Å²) in [6.45, 7) is 2.07. The number of nitrogens with zero attached hydrogens (tertiary/aromatic N) is 1. The summed E-state index contributed by atoms with van der Waals surface area (Å²) >= 11 is 0. The van der Waals surface area contributed by atoms with Gasteiger partial charge in [0, 0.05) is 0 Å². The predicted octanol–water partition coefficient (Wildman–Crippen LogP) is 3.84. The van der Waals surface area contributed by atoms with E-state index in [-0.39, 0.29) is 5.92 Å². The van der Waals surface area contributed by atoms with Gasteiger partial charge in [0.05, 0.1) is 12.0 Å². The summed E-state index contributed by atoms with van der Waals surface area (Å²) in [5.41, 5.74) is 3.56. The fraction of sp³-hybridized carbons (Fsp3) is 0.188. The highest BCUT2D eigenvalue weighted by Crippen LogP contribution is 2.20. The van der Waals surface area contributed by atoms with E-state index in [4.69, 9.17) is 0 Å². The van der Waals surface area contributed by atoms with Crippen LogP contribution in [0.15, 0.2) is 54.6 Å². The maximum atomic E-state index is 9.25. The minimum absolute atomic E-state index is 0.0566. The van der Waals surface area contributed by atoms with Crippen LogP contribution in [0.25, 0.3) is 0 Å². The van der Waals surface area contributed by atoms with Gasteiger partial charge >= 0.3 is 0 Å². The highest BCUT2D eigenvalue weighted by molar-refractivity contribution is 5.29. The molecule has 0 spiro atoms. The van der Waals surface area contributed by atoms with Gasteiger partial charge in [0.25, 0.3) is 0 Å². The van der Waals surface area contributed by atoms with Crippen molar-refractivity contribution in [3.63, 3.8) is 0 Å². The monoisotopic (exact) mass is 221 g/mol. The molecule has 2 aromatic rings. The zero-order chi connectivity index (χ0) is 12.1. The number of hydrogen-bond donors (Lipinski definition) is 0. The maximum Gasteiger partial charge on any atom is 0.0753 e. The van der Waals surface area contributed by atoms with Crippen LogP contribution in [0.2, 0.25) is 0 Å². The fourth-order valence-corrected chi connectivity index (χ4v) is 1.88. The third-order valence-electron chi connectivity index (χ3n) is 2.92. The molecule has 0 aromatic heterocycles. The topological polar surface area (TPSA) is 23.8 Å². The molecule has 17 heavy (non-hydrogen) atoms. The third-order valence-corrected chi connectivity index (χ3v) is 2.92. The van der Waals surface area contributed by atoms with E-state index in [0.29, 0.717) is 0 Å². The first-order chi connectivity index (χ1) is 8.29. The molecule has 0 amide bonds. The zero-order valence-corrected chi connectivity index (χ0v) is 9.93. The number of benzene rings is 2. The van der Waals surface area contributed by atoms with Gasteiger partial charge in [0.15, 0.2) is 0 Å². The lowest BCUT2D eigenvalue weighted by Crippen LogP contribution is -2.00. The van der Waals surface area contributed by atoms with Gasteiger partial charge in [0.2, 0.25) is 0 Å². The Morgan fingerprint density at radius 3 is 2.24 bits per heavy atom. The molecule has 0 N–H and O–H groups in total. The van der Waals surface area contributed by atoms with E-state index in [0.717, 1.165) is 12.0 Å². The Bertz CT molecular complexity index is 505. The molecule has 0 bridgehead atoms. The van der Waals surface area contributed by atoms with Crippen LogP contribution in [0.4, 0.5) is 0 Å². The van der Waals surface area contributed by atoms with Crippen molar-refractivity contribution in [3.05, 3.63) is 71.3 Å². The Balaban J connectivity index is 2.17. The van der Waals surface area contributed by atoms with E-state index in [1.807, 2.05) is 30.3 Å². The van der Waals surface area contributed by atoms with Crippen molar-refractivity contribution in [2.24, 2.45) is 0 Å². The van der Waals surface area contributed by atoms with E-state index in [1.54, 1.807) is 0 Å². The Kier molecular flexibility index (Phi) is 3.57. The summed E-state index contributed by atoms with van der Waals surface area (Å²) in [6.07, 6.45) is 0.779. The highest BCUT2D eigenvalue weighted by atomic mass is 14.3. The van der Waals surface area contributed by atoms with E-state index in [1.165, 1.54) is 11.1 Å². The average Bonchev–Trinajstić information content (AvgIpc) is 2.39. The van der Waals surface area contributed by atoms with Gasteiger partial charge in [-0.1, -0.05) is 60.2 Å². The first-order valence-electron chi connectivity index (χ1n) is 5.79. The van der Waals surface area contributed by atoms with Crippen molar-refractivity contribution in [2.45, 2.75) is 19.3 Å². The molecule has 1 atom stereocenters. The van der Waals surface area contributed by atoms with Crippen LogP contribution in [0.1, 0.15) is 22.6 Å². The van der Waals surface area contributed by atoms with Crippen molar-refractivity contribution < 1.29 is 0 Å². The molecule has 0 saturated carbocycles. The number of rotatable bonds is 3. The zero-order valence-electron chi connectivity index (χ0n) is 9.93. The average molecular weight is 221 g/mol. The van der Waals surface area contributed by atoms with Crippen LogP contribution in [0.5, 0.6) is 0 Å². The molecule has 0 fully saturated rings. The van der Waals surface area contributed by atoms with E-state index in [2.05, 4.69) is 37.3 Å². The van der Waals surface area contributed by atoms with Gasteiger partial charge in [-0.05, 0) is 24.5 Å². The van der Waals surface area contributed by atoms with Crippen LogP contribution >= 0.6 is 0 Å². The van der Waals surface area contributed by atoms with Gasteiger partial charge in [0.1, 0.15) is 0 Å². The molecule has 0 radical (unpaired) electrons. The second-order valence-electron chi connectivity index (χ2n) is 4.28. The molecule has 2 aromatic carbocycles. The van der Waals surface area contributed by atoms with Gasteiger partial charge in [-0.3, -0.25) is 0 Å². The van der Waals surface area contributed by atoms with E-state index in [9.17, 15) is 5.26 Å². The van der Waals surface area contributed by atoms with Gasteiger partial charge in [-0.15, -0.1) is 0 Å². The van der Waals surface area contributed by atoms with Crippen LogP contribution in [-0.2, 0) is 6.42 Å². The summed E-state index contributed by atoms with van der Waals surface area (Å²) in [5.74, 6) is -0.0566. The van der Waals surface area contributed by atoms with E-state index < -0.39 is 0 Å². The molecule has 0 aliphatic carbocycles. The molecule has 2 rings (SSSR count). The Morgan fingerprint density at radius 2 is 1.65 bits per heavy atom. The normalized spacial score (nSPS) is 11.8. The van der Waals surface area contributed by atoms with Crippen LogP contribution in [0, 0.1) is 18.3 Å². The Labute approximate surface area is 102 Å². The molecule has 1 heteroatoms. The first kappa shape index (κ1) is 11.4. The fourth-order valence-electron chi connectivity index (χ4n) is 1.88. The van der Waals surface area contributed by atoms with Crippen molar-refractivity contribution >= 4 is 0 Å². The number of hydrogen-bond acceptors (Lipinski definition) is 1. The largest absolute Gasteiger partial charge is 0.198 e. The molecule has 1 unspecified atom stereocenters. The lowest BCUT2D eigenvalue weighted by molar-refractivity contribution is 0.849. The molecule has 0 aliphatic heterocycles. The van der Waals surface area contributed by atoms with Crippen molar-refractivity contribution in [3.8, 4) is 6.07 Å². The smallest absolute Gasteiger partial charge is 0.0753 e. The second kappa shape index (κ2) is 5.32. The molecule has 84 valence electrons. The quantitative estimate of drug-likeness (QED) is 0.772. The van der Waals surface area contributed by atoms with Crippen LogP contribution in [0.3, 0.4) is 0 Å². The van der Waals surface area contributed by atoms with Crippen molar-refractivity contribution in [2.75, 3.05) is 0 Å². The summed E-state index contributed by atoms with van der Waals surface area (Å²) in [7, 11) is 0. The molecule has 0 aliphatic rings. The summed E-state index contributed by atoms with van der Waals surface area (Å²) in [6, 6.07) is 20.7. The lowest BCUT2D eigenvalue weighted by Gasteiger charge is -2.09. The molecular weight excluding hydrogens is 206 g/mol. The Hall–Kier alpha value is -2.07. The number of aryl methyl sites for hydroxylation is 1. The van der Waals surface area contributed by atoms with Gasteiger partial charge < -0.3 is 0 Å². The standard InChI is InChI=1S/C16H15N/c1-13-7-9-14(10-8-13)11-16(12-17)15-5-3-2-4-6-15/h2-10,16H,11H2,1H3. The first-order valence-corrected chi connectivity index (χ1v) is 5.79. The summed E-state index contributed by atoms with van der Waals surface area (Å²) in [4.78, 5) is 0. The lowest BCUT2D eigenvalue weighted by atomic mass is 9.93. The SMILES string of the molecule is Cc1ccc(CC(C#N)c2ccccc2)cc1. The van der Waals surface area contributed by atoms with Crippen molar-refractivity contribution in [1.82, 2.24) is 0 Å². The van der Waals surface area contributed by atoms with Crippen molar-refractivity contribution in [1.29, 1.82) is 5.26 Å². The number of nitriles is 1. The molecule has 0 saturated heterocycles. The van der Waals surface area contributed by atoms with Crippen LogP contribution < -0.4 is 0 Å². The highest BCUT2D eigenvalue weighted by Gasteiger charge is 2.10. The van der Waals surface area contributed by atoms with Gasteiger partial charge in [-0.25, -0.2) is 0 Å². The Morgan fingerprint density at radius 1 is 1.00 bits per heavy atom. The molecular formula is C16H15N. The van der Waals surface area contributed by atoms with Crippen LogP contribution in [-0.4, -0.2) is 0 Å². The summed E-state index contributed by atoms with van der Waals surface area (Å²) < 4.78 is 0. The molecule has 1 nitrogen and oxygen atoms in total. The van der Waals surface area contributed by atoms with Gasteiger partial charge in [-0.2, -0.15) is 5.26 Å². The third kappa shape index (κ3) is 2.95. The minimum atomic E-state index is -0.0566. The minimum Gasteiger partial charge on any atom is -0.198 e. The maximum absolute atomic E-state index is 9.25. The summed E-state index contributed by atoms with van der Waals surface area (Å²) in [5, 5.41) is 9.25.